The van der Waals surface area contributed by atoms with Gasteiger partial charge in [0.05, 0.1) is 13.2 Å². The summed E-state index contributed by atoms with van der Waals surface area (Å²) in [6.07, 6.45) is 28.1. The van der Waals surface area contributed by atoms with E-state index in [1.807, 2.05) is 0 Å². The molecule has 0 amide bonds. The SMILES string of the molecule is CCCCC/C=C\C/C=C\CCCCCCCC(=O)OC(COCCCCCCCCCCCCCCCCCC)COP(=O)(O)OC1C(O)C(O)C(O)C(O)C1O. The Morgan fingerprint density at radius 2 is 0.966 bits per heavy atom. The summed E-state index contributed by atoms with van der Waals surface area (Å²) in [6, 6.07) is 0. The van der Waals surface area contributed by atoms with Gasteiger partial charge in [0.2, 0.25) is 0 Å². The molecule has 0 aromatic carbocycles. The van der Waals surface area contributed by atoms with Gasteiger partial charge in [-0.3, -0.25) is 13.8 Å². The van der Waals surface area contributed by atoms with Crippen LogP contribution in [0.4, 0.5) is 0 Å². The number of hydrogen-bond donors (Lipinski definition) is 6. The molecule has 0 heterocycles. The first kappa shape index (κ1) is 54.8. The van der Waals surface area contributed by atoms with Crippen molar-refractivity contribution >= 4 is 13.8 Å². The largest absolute Gasteiger partial charge is 0.472 e. The third kappa shape index (κ3) is 28.4. The van der Waals surface area contributed by atoms with Gasteiger partial charge in [-0.05, 0) is 44.9 Å². The van der Waals surface area contributed by atoms with Crippen molar-refractivity contribution < 1.29 is 58.3 Å². The molecule has 6 unspecified atom stereocenters. The average Bonchev–Trinajstić information content (AvgIpc) is 3.21. The number of aliphatic hydroxyl groups is 5. The minimum absolute atomic E-state index is 0.0784. The van der Waals surface area contributed by atoms with Crippen molar-refractivity contribution in [2.24, 2.45) is 0 Å². The summed E-state index contributed by atoms with van der Waals surface area (Å²) in [4.78, 5) is 23.1. The van der Waals surface area contributed by atoms with E-state index in [1.165, 1.54) is 103 Å². The number of ether oxygens (including phenoxy) is 2. The molecule has 1 rings (SSSR count). The summed E-state index contributed by atoms with van der Waals surface area (Å²) in [7, 11) is -5.02. The van der Waals surface area contributed by atoms with Gasteiger partial charge >= 0.3 is 13.8 Å². The zero-order chi connectivity index (χ0) is 42.7. The van der Waals surface area contributed by atoms with Gasteiger partial charge in [-0.15, -0.1) is 0 Å². The molecule has 0 bridgehead atoms. The Morgan fingerprint density at radius 1 is 0.552 bits per heavy atom. The second kappa shape index (κ2) is 36.5. The number of rotatable bonds is 39. The van der Waals surface area contributed by atoms with E-state index in [0.29, 0.717) is 13.0 Å². The monoisotopic (exact) mass is 849 g/mol. The van der Waals surface area contributed by atoms with Crippen molar-refractivity contribution in [2.45, 2.75) is 236 Å². The highest BCUT2D eigenvalue weighted by atomic mass is 31.2. The minimum atomic E-state index is -5.02. The molecule has 58 heavy (non-hydrogen) atoms. The van der Waals surface area contributed by atoms with Crippen LogP contribution in [0.3, 0.4) is 0 Å². The van der Waals surface area contributed by atoms with Crippen molar-refractivity contribution in [2.75, 3.05) is 19.8 Å². The summed E-state index contributed by atoms with van der Waals surface area (Å²) in [5, 5.41) is 50.2. The molecule has 1 saturated carbocycles. The van der Waals surface area contributed by atoms with Gasteiger partial charge in [0.1, 0.15) is 42.7 Å². The molecule has 1 aliphatic rings. The van der Waals surface area contributed by atoms with Crippen LogP contribution in [0, 0.1) is 0 Å². The lowest BCUT2D eigenvalue weighted by atomic mass is 9.85. The Kier molecular flexibility index (Phi) is 34.5. The predicted molar refractivity (Wildman–Crippen MR) is 230 cm³/mol. The van der Waals surface area contributed by atoms with Crippen LogP contribution in [-0.2, 0) is 27.9 Å². The fourth-order valence-corrected chi connectivity index (χ4v) is 8.06. The van der Waals surface area contributed by atoms with Gasteiger partial charge in [0.25, 0.3) is 0 Å². The highest BCUT2D eigenvalue weighted by molar-refractivity contribution is 7.47. The standard InChI is InChI=1S/C45H85O12P/c1-3-5-7-9-11-13-15-17-19-21-23-25-27-29-31-33-35-54-36-38(37-55-58(52,53)57-45-43(50)41(48)40(47)42(49)44(45)51)56-39(46)34-32-30-28-26-24-22-20-18-16-14-12-10-8-6-4-2/h12,14,18,20,38,40-45,47-51H,3-11,13,15-17,19,21-37H2,1-2H3,(H,52,53)/b14-12-,20-18-. The van der Waals surface area contributed by atoms with Crippen LogP contribution >= 0.6 is 7.82 Å². The second-order valence-corrected chi connectivity index (χ2v) is 17.7. The van der Waals surface area contributed by atoms with E-state index in [0.717, 1.165) is 64.2 Å². The molecule has 0 radical (unpaired) electrons. The fourth-order valence-electron chi connectivity index (χ4n) is 7.09. The van der Waals surface area contributed by atoms with Crippen LogP contribution in [0.5, 0.6) is 0 Å². The van der Waals surface area contributed by atoms with Crippen molar-refractivity contribution in [3.8, 4) is 0 Å². The third-order valence-electron chi connectivity index (χ3n) is 10.8. The zero-order valence-electron chi connectivity index (χ0n) is 36.4. The maximum atomic E-state index is 12.8. The normalized spacial score (nSPS) is 22.8. The summed E-state index contributed by atoms with van der Waals surface area (Å²) in [5.74, 6) is -0.489. The van der Waals surface area contributed by atoms with Crippen LogP contribution in [0.15, 0.2) is 24.3 Å². The Morgan fingerprint density at radius 3 is 1.48 bits per heavy atom. The van der Waals surface area contributed by atoms with Gasteiger partial charge in [-0.1, -0.05) is 167 Å². The molecule has 12 nitrogen and oxygen atoms in total. The number of esters is 1. The first-order chi connectivity index (χ1) is 28.0. The molecule has 0 aliphatic heterocycles. The topological polar surface area (TPSA) is 192 Å². The molecule has 0 spiro atoms. The number of carbonyl (C=O) groups excluding carboxylic acids is 1. The summed E-state index contributed by atoms with van der Waals surface area (Å²) in [5.41, 5.74) is 0. The van der Waals surface area contributed by atoms with E-state index in [4.69, 9.17) is 18.5 Å². The van der Waals surface area contributed by atoms with Gasteiger partial charge in [-0.2, -0.15) is 0 Å². The number of hydrogen-bond acceptors (Lipinski definition) is 11. The molecule has 6 N–H and O–H groups in total. The molecule has 0 saturated heterocycles. The van der Waals surface area contributed by atoms with Crippen LogP contribution < -0.4 is 0 Å². The lowest BCUT2D eigenvalue weighted by Gasteiger charge is -2.41. The number of aliphatic hydroxyl groups excluding tert-OH is 5. The van der Waals surface area contributed by atoms with Gasteiger partial charge < -0.3 is 39.9 Å². The molecule has 0 aromatic heterocycles. The summed E-state index contributed by atoms with van der Waals surface area (Å²) in [6.45, 7) is 4.23. The van der Waals surface area contributed by atoms with E-state index >= 15 is 0 Å². The third-order valence-corrected chi connectivity index (χ3v) is 11.8. The molecular weight excluding hydrogens is 763 g/mol. The second-order valence-electron chi connectivity index (χ2n) is 16.3. The Hall–Kier alpha value is -1.18. The number of phosphoric ester groups is 1. The quantitative estimate of drug-likeness (QED) is 0.0149. The molecule has 13 heteroatoms. The highest BCUT2D eigenvalue weighted by Gasteiger charge is 2.51. The van der Waals surface area contributed by atoms with Crippen LogP contribution in [0.1, 0.15) is 194 Å². The van der Waals surface area contributed by atoms with Crippen molar-refractivity contribution in [1.82, 2.24) is 0 Å². The van der Waals surface area contributed by atoms with Gasteiger partial charge in [0.15, 0.2) is 0 Å². The minimum Gasteiger partial charge on any atom is -0.457 e. The predicted octanol–water partition coefficient (Wildman–Crippen LogP) is 9.31. The summed E-state index contributed by atoms with van der Waals surface area (Å²) < 4.78 is 34.2. The lowest BCUT2D eigenvalue weighted by molar-refractivity contribution is -0.220. The first-order valence-corrected chi connectivity index (χ1v) is 24.7. The molecule has 1 aliphatic carbocycles. The Labute approximate surface area is 351 Å². The Balaban J connectivity index is 2.40. The lowest BCUT2D eigenvalue weighted by Crippen LogP contribution is -2.64. The van der Waals surface area contributed by atoms with E-state index in [1.54, 1.807) is 0 Å². The first-order valence-electron chi connectivity index (χ1n) is 23.2. The maximum absolute atomic E-state index is 12.8. The molecular formula is C45H85O12P. The van der Waals surface area contributed by atoms with Crippen LogP contribution in [-0.4, -0.2) is 98.9 Å². The smallest absolute Gasteiger partial charge is 0.457 e. The Bertz CT molecular complexity index is 1060. The van der Waals surface area contributed by atoms with E-state index in [-0.39, 0.29) is 13.0 Å². The number of allylic oxidation sites excluding steroid dienone is 4. The van der Waals surface area contributed by atoms with Crippen LogP contribution in [0.25, 0.3) is 0 Å². The molecule has 1 fully saturated rings. The van der Waals surface area contributed by atoms with Gasteiger partial charge in [0, 0.05) is 13.0 Å². The summed E-state index contributed by atoms with van der Waals surface area (Å²) >= 11 is 0. The van der Waals surface area contributed by atoms with Crippen molar-refractivity contribution in [3.05, 3.63) is 24.3 Å². The fraction of sp³-hybridized carbons (Fsp3) is 0.889. The van der Waals surface area contributed by atoms with Crippen LogP contribution in [0.2, 0.25) is 0 Å². The van der Waals surface area contributed by atoms with Crippen molar-refractivity contribution in [3.63, 3.8) is 0 Å². The molecule has 342 valence electrons. The van der Waals surface area contributed by atoms with Gasteiger partial charge in [-0.25, -0.2) is 4.57 Å². The average molecular weight is 849 g/mol. The zero-order valence-corrected chi connectivity index (χ0v) is 37.2. The highest BCUT2D eigenvalue weighted by Crippen LogP contribution is 2.47. The molecule has 0 aromatic rings. The van der Waals surface area contributed by atoms with E-state index < -0.39 is 63.1 Å². The van der Waals surface area contributed by atoms with Crippen molar-refractivity contribution in [1.29, 1.82) is 0 Å². The number of phosphoric acid groups is 1. The van der Waals surface area contributed by atoms with E-state index in [2.05, 4.69) is 38.2 Å². The number of unbranched alkanes of at least 4 members (excludes halogenated alkanes) is 23. The van der Waals surface area contributed by atoms with E-state index in [9.17, 15) is 39.8 Å². The maximum Gasteiger partial charge on any atom is 0.472 e. The number of carbonyl (C=O) groups is 1. The molecule has 6 atom stereocenters.